The molecule has 0 spiro atoms. The second-order valence-corrected chi connectivity index (χ2v) is 3.13. The SMILES string of the molecule is C.CC.COC1CCCC(C)C1. The monoisotopic (exact) mass is 174 g/mol. The molecule has 2 atom stereocenters. The smallest absolute Gasteiger partial charge is 0.0573 e. The van der Waals surface area contributed by atoms with Gasteiger partial charge in [-0.25, -0.2) is 0 Å². The molecule has 0 aliphatic heterocycles. The standard InChI is InChI=1S/C8H16O.C2H6.CH4/c1-7-4-3-5-8(6-7)9-2;1-2;/h7-8H,3-6H2,1-2H3;1-2H3;1H4. The maximum absolute atomic E-state index is 5.26. The summed E-state index contributed by atoms with van der Waals surface area (Å²) in [6.07, 6.45) is 5.88. The van der Waals surface area contributed by atoms with E-state index in [0.29, 0.717) is 6.10 Å². The van der Waals surface area contributed by atoms with Gasteiger partial charge in [0, 0.05) is 7.11 Å². The molecule has 1 aliphatic rings. The van der Waals surface area contributed by atoms with E-state index in [4.69, 9.17) is 4.74 Å². The molecule has 12 heavy (non-hydrogen) atoms. The van der Waals surface area contributed by atoms with Crippen LogP contribution in [0.5, 0.6) is 0 Å². The van der Waals surface area contributed by atoms with Gasteiger partial charge < -0.3 is 4.74 Å². The molecule has 0 aromatic carbocycles. The van der Waals surface area contributed by atoms with Crippen molar-refractivity contribution >= 4 is 0 Å². The van der Waals surface area contributed by atoms with Crippen molar-refractivity contribution in [1.82, 2.24) is 0 Å². The van der Waals surface area contributed by atoms with Crippen LogP contribution in [-0.4, -0.2) is 13.2 Å². The lowest BCUT2D eigenvalue weighted by Gasteiger charge is -2.25. The van der Waals surface area contributed by atoms with Gasteiger partial charge in [-0.2, -0.15) is 0 Å². The molecule has 0 aromatic heterocycles. The van der Waals surface area contributed by atoms with Crippen LogP contribution in [-0.2, 0) is 4.74 Å². The molecule has 1 nitrogen and oxygen atoms in total. The van der Waals surface area contributed by atoms with E-state index in [1.165, 1.54) is 25.7 Å². The van der Waals surface area contributed by atoms with Crippen molar-refractivity contribution in [2.24, 2.45) is 5.92 Å². The highest BCUT2D eigenvalue weighted by Crippen LogP contribution is 2.24. The van der Waals surface area contributed by atoms with Crippen molar-refractivity contribution in [2.75, 3.05) is 7.11 Å². The molecule has 0 radical (unpaired) electrons. The zero-order chi connectivity index (χ0) is 8.69. The van der Waals surface area contributed by atoms with Crippen molar-refractivity contribution in [2.45, 2.75) is 60.0 Å². The fraction of sp³-hybridized carbons (Fsp3) is 1.00. The molecule has 0 heterocycles. The summed E-state index contributed by atoms with van der Waals surface area (Å²) in [4.78, 5) is 0. The van der Waals surface area contributed by atoms with Crippen LogP contribution in [0.1, 0.15) is 53.9 Å². The fourth-order valence-corrected chi connectivity index (χ4v) is 1.59. The predicted octanol–water partition coefficient (Wildman–Crippen LogP) is 3.87. The minimum atomic E-state index is 0. The summed E-state index contributed by atoms with van der Waals surface area (Å²) in [6, 6.07) is 0. The zero-order valence-corrected chi connectivity index (χ0v) is 8.39. The van der Waals surface area contributed by atoms with Crippen LogP contribution >= 0.6 is 0 Å². The Morgan fingerprint density at radius 1 is 1.17 bits per heavy atom. The quantitative estimate of drug-likeness (QED) is 0.586. The lowest BCUT2D eigenvalue weighted by atomic mass is 9.89. The molecule has 0 aromatic rings. The maximum atomic E-state index is 5.26. The molecular weight excluding hydrogens is 148 g/mol. The number of hydrogen-bond donors (Lipinski definition) is 0. The van der Waals surface area contributed by atoms with Gasteiger partial charge in [-0.15, -0.1) is 0 Å². The average molecular weight is 174 g/mol. The van der Waals surface area contributed by atoms with Gasteiger partial charge in [0.05, 0.1) is 6.10 Å². The molecule has 76 valence electrons. The van der Waals surface area contributed by atoms with E-state index in [0.717, 1.165) is 5.92 Å². The second kappa shape index (κ2) is 9.05. The summed E-state index contributed by atoms with van der Waals surface area (Å²) in [5, 5.41) is 0. The predicted molar refractivity (Wildman–Crippen MR) is 56.5 cm³/mol. The van der Waals surface area contributed by atoms with Crippen molar-refractivity contribution in [3.63, 3.8) is 0 Å². The second-order valence-electron chi connectivity index (χ2n) is 3.13. The minimum absolute atomic E-state index is 0. The normalized spacial score (nSPS) is 28.0. The molecular formula is C11H26O. The highest BCUT2D eigenvalue weighted by atomic mass is 16.5. The van der Waals surface area contributed by atoms with Crippen LogP contribution < -0.4 is 0 Å². The van der Waals surface area contributed by atoms with E-state index in [9.17, 15) is 0 Å². The Balaban J connectivity index is 0. The van der Waals surface area contributed by atoms with E-state index in [1.54, 1.807) is 0 Å². The molecule has 2 unspecified atom stereocenters. The molecule has 1 saturated carbocycles. The Kier molecular flexibility index (Phi) is 10.9. The molecule has 1 aliphatic carbocycles. The summed E-state index contributed by atoms with van der Waals surface area (Å²) in [6.45, 7) is 6.31. The maximum Gasteiger partial charge on any atom is 0.0573 e. The summed E-state index contributed by atoms with van der Waals surface area (Å²) < 4.78 is 5.26. The van der Waals surface area contributed by atoms with Crippen LogP contribution in [0.3, 0.4) is 0 Å². The first-order valence-corrected chi connectivity index (χ1v) is 4.85. The largest absolute Gasteiger partial charge is 0.381 e. The third-order valence-corrected chi connectivity index (χ3v) is 2.22. The van der Waals surface area contributed by atoms with E-state index < -0.39 is 0 Å². The average Bonchev–Trinajstić information content (AvgIpc) is 2.08. The molecule has 1 heteroatoms. The van der Waals surface area contributed by atoms with Crippen LogP contribution in [0.15, 0.2) is 0 Å². The first-order chi connectivity index (χ1) is 5.33. The number of methoxy groups -OCH3 is 1. The van der Waals surface area contributed by atoms with Crippen molar-refractivity contribution in [3.8, 4) is 0 Å². The summed E-state index contributed by atoms with van der Waals surface area (Å²) in [5.74, 6) is 0.892. The van der Waals surface area contributed by atoms with Crippen LogP contribution in [0.25, 0.3) is 0 Å². The van der Waals surface area contributed by atoms with E-state index in [2.05, 4.69) is 6.92 Å². The van der Waals surface area contributed by atoms with Gasteiger partial charge in [-0.05, 0) is 18.8 Å². The van der Waals surface area contributed by atoms with Gasteiger partial charge in [0.25, 0.3) is 0 Å². The molecule has 1 rings (SSSR count). The van der Waals surface area contributed by atoms with Crippen LogP contribution in [0.4, 0.5) is 0 Å². The molecule has 0 saturated heterocycles. The van der Waals surface area contributed by atoms with Gasteiger partial charge >= 0.3 is 0 Å². The highest BCUT2D eigenvalue weighted by molar-refractivity contribution is 4.69. The van der Waals surface area contributed by atoms with Crippen LogP contribution in [0, 0.1) is 5.92 Å². The minimum Gasteiger partial charge on any atom is -0.381 e. The summed E-state index contributed by atoms with van der Waals surface area (Å²) in [5.41, 5.74) is 0. The Labute approximate surface area is 78.5 Å². The molecule has 0 bridgehead atoms. The first kappa shape index (κ1) is 14.5. The topological polar surface area (TPSA) is 9.23 Å². The van der Waals surface area contributed by atoms with E-state index >= 15 is 0 Å². The third-order valence-electron chi connectivity index (χ3n) is 2.22. The number of hydrogen-bond acceptors (Lipinski definition) is 1. The molecule has 0 N–H and O–H groups in total. The lowest BCUT2D eigenvalue weighted by Crippen LogP contribution is -2.19. The van der Waals surface area contributed by atoms with Crippen molar-refractivity contribution in [3.05, 3.63) is 0 Å². The Morgan fingerprint density at radius 2 is 1.75 bits per heavy atom. The Bertz CT molecular complexity index is 81.1. The van der Waals surface area contributed by atoms with Crippen molar-refractivity contribution < 1.29 is 4.74 Å². The Hall–Kier alpha value is -0.0400. The molecule has 0 amide bonds. The van der Waals surface area contributed by atoms with Crippen molar-refractivity contribution in [1.29, 1.82) is 0 Å². The van der Waals surface area contributed by atoms with Gasteiger partial charge in [0.1, 0.15) is 0 Å². The third kappa shape index (κ3) is 5.59. The summed E-state index contributed by atoms with van der Waals surface area (Å²) >= 11 is 0. The van der Waals surface area contributed by atoms with E-state index in [1.807, 2.05) is 21.0 Å². The number of ether oxygens (including phenoxy) is 1. The Morgan fingerprint density at radius 3 is 2.08 bits per heavy atom. The fourth-order valence-electron chi connectivity index (χ4n) is 1.59. The highest BCUT2D eigenvalue weighted by Gasteiger charge is 2.17. The van der Waals surface area contributed by atoms with Gasteiger partial charge in [0.2, 0.25) is 0 Å². The lowest BCUT2D eigenvalue weighted by molar-refractivity contribution is 0.0542. The zero-order valence-electron chi connectivity index (χ0n) is 8.39. The van der Waals surface area contributed by atoms with Gasteiger partial charge in [-0.3, -0.25) is 0 Å². The summed E-state index contributed by atoms with van der Waals surface area (Å²) in [7, 11) is 1.82. The van der Waals surface area contributed by atoms with Crippen LogP contribution in [0.2, 0.25) is 0 Å². The first-order valence-electron chi connectivity index (χ1n) is 4.85. The van der Waals surface area contributed by atoms with E-state index in [-0.39, 0.29) is 7.43 Å². The number of rotatable bonds is 1. The van der Waals surface area contributed by atoms with Gasteiger partial charge in [-0.1, -0.05) is 41.0 Å². The molecule has 1 fully saturated rings. The van der Waals surface area contributed by atoms with Gasteiger partial charge in [0.15, 0.2) is 0 Å².